The zero-order chi connectivity index (χ0) is 64.7. The lowest BCUT2D eigenvalue weighted by atomic mass is 9.48. The van der Waals surface area contributed by atoms with Crippen molar-refractivity contribution in [2.75, 3.05) is 48.3 Å². The number of rotatable bonds is 25. The van der Waals surface area contributed by atoms with Gasteiger partial charge in [0.25, 0.3) is 5.91 Å². The first kappa shape index (κ1) is 64.6. The molecule has 4 heterocycles. The second-order valence-corrected chi connectivity index (χ2v) is 26.8. The summed E-state index contributed by atoms with van der Waals surface area (Å²) in [7, 11) is 0. The van der Waals surface area contributed by atoms with Crippen molar-refractivity contribution in [1.82, 2.24) is 40.6 Å². The van der Waals surface area contributed by atoms with Crippen LogP contribution in [0, 0.1) is 23.2 Å². The Kier molecular flexibility index (Phi) is 19.4. The number of aromatic carboxylic acids is 1. The van der Waals surface area contributed by atoms with Gasteiger partial charge in [0.2, 0.25) is 18.2 Å². The molecule has 0 saturated heterocycles. The molecule has 23 nitrogen and oxygen atoms in total. The molecule has 2 fully saturated rings. The molecule has 91 heavy (non-hydrogen) atoms. The Bertz CT molecular complexity index is 3820. The summed E-state index contributed by atoms with van der Waals surface area (Å²) in [6.45, 7) is 13.0. The predicted molar refractivity (Wildman–Crippen MR) is 344 cm³/mol. The number of hydrogen-bond acceptors (Lipinski definition) is 15. The molecule has 9 N–H and O–H groups in total. The number of benzene rings is 4. The Morgan fingerprint density at radius 1 is 0.857 bits per heavy atom. The SMILES string of the molecule is Cc1c(-c2ccc(N3CCc4cccc(C(=O)Nc5nc6ccccc6s5)c4C3)nc2C(=O)O)cnn1CC1(C)CC2(C)CC(C)(C)CC(OCCN(Cc3ccc(O)cc3)C(=O)OCc3ccc(NC(=O)C(CCCNC(N)=O)NC(=O)CNC=O)cc3)(C1)C2. The standard InChI is InChI=1S/C67H78N12O11S/c1-42-50(48-23-24-55(75-57(48)60(85)86)77-27-25-45-10-8-11-49(51(45)33-77)58(83)76-62-74-52-12-6-7-14-54(52)91-62)30-71-79(42)40-66(5)37-65(4)35-64(2,3)36-67(38-65,39-66)90-29-28-78(32-43-17-21-47(81)22-18-43)63(88)89-34-44-15-19-46(20-16-44)72-59(84)53(13-9-26-70-61(68)87)73-56(82)31-69-41-80/h6-8,10-12,14-24,30,41,53,81H,9,13,25-29,31-40H2,1-5H3,(H,69,80)(H,72,84)(H,73,82)(H,85,86)(H3,68,70,87)(H,74,76,83). The molecule has 4 unspecified atom stereocenters. The first-order chi connectivity index (χ1) is 43.5. The van der Waals surface area contributed by atoms with E-state index in [4.69, 9.17) is 25.3 Å². The number of phenols is 1. The average molecular weight is 1260 g/mol. The van der Waals surface area contributed by atoms with E-state index >= 15 is 0 Å². The molecule has 3 aliphatic rings. The molecule has 2 aliphatic carbocycles. The highest BCUT2D eigenvalue weighted by Crippen LogP contribution is 2.63. The summed E-state index contributed by atoms with van der Waals surface area (Å²) < 4.78 is 16.1. The normalized spacial score (nSPS) is 19.3. The number of pyridine rings is 1. The number of carbonyl (C=O) groups is 7. The molecule has 1 aliphatic heterocycles. The van der Waals surface area contributed by atoms with Crippen LogP contribution in [0.4, 0.5) is 26.2 Å². The number of anilines is 3. The van der Waals surface area contributed by atoms with Gasteiger partial charge in [-0.1, -0.05) is 87.6 Å². The van der Waals surface area contributed by atoms with Crippen LogP contribution in [-0.2, 0) is 56.5 Å². The highest BCUT2D eigenvalue weighted by atomic mass is 32.1. The zero-order valence-corrected chi connectivity index (χ0v) is 52.6. The molecule has 3 aromatic heterocycles. The summed E-state index contributed by atoms with van der Waals surface area (Å²) in [4.78, 5) is 102. The van der Waals surface area contributed by atoms with Crippen molar-refractivity contribution in [3.05, 3.63) is 149 Å². The maximum atomic E-state index is 14.1. The van der Waals surface area contributed by atoms with E-state index in [1.165, 1.54) is 11.3 Å². The van der Waals surface area contributed by atoms with Gasteiger partial charge in [-0.25, -0.2) is 24.4 Å². The molecule has 24 heteroatoms. The van der Waals surface area contributed by atoms with Crippen LogP contribution in [0.5, 0.6) is 5.75 Å². The summed E-state index contributed by atoms with van der Waals surface area (Å²) in [6.07, 6.45) is 6.84. The average Bonchev–Trinajstić information content (AvgIpc) is 0.810. The summed E-state index contributed by atoms with van der Waals surface area (Å²) >= 11 is 1.41. The Morgan fingerprint density at radius 3 is 2.37 bits per heavy atom. The molecule has 2 bridgehead atoms. The number of primary amides is 1. The van der Waals surface area contributed by atoms with Crippen LogP contribution < -0.4 is 37.2 Å². The second-order valence-electron chi connectivity index (χ2n) is 25.8. The smallest absolute Gasteiger partial charge is 0.410 e. The number of ether oxygens (including phenoxy) is 2. The van der Waals surface area contributed by atoms with E-state index in [0.717, 1.165) is 58.3 Å². The number of phenolic OH excluding ortho intramolecular Hbond substituents is 1. The van der Waals surface area contributed by atoms with Crippen molar-refractivity contribution >= 4 is 80.4 Å². The first-order valence-electron chi connectivity index (χ1n) is 30.5. The molecule has 0 radical (unpaired) electrons. The van der Waals surface area contributed by atoms with Gasteiger partial charge in [-0.05, 0) is 151 Å². The summed E-state index contributed by atoms with van der Waals surface area (Å²) in [5, 5.41) is 39.4. The van der Waals surface area contributed by atoms with Crippen LogP contribution in [0.2, 0.25) is 0 Å². The summed E-state index contributed by atoms with van der Waals surface area (Å²) in [5.41, 5.74) is 11.0. The van der Waals surface area contributed by atoms with Gasteiger partial charge in [-0.3, -0.25) is 29.2 Å². The molecule has 478 valence electrons. The van der Waals surface area contributed by atoms with E-state index in [0.29, 0.717) is 84.2 Å². The van der Waals surface area contributed by atoms with Crippen LogP contribution in [0.25, 0.3) is 21.3 Å². The van der Waals surface area contributed by atoms with Gasteiger partial charge >= 0.3 is 18.1 Å². The minimum absolute atomic E-state index is 0.0529. The van der Waals surface area contributed by atoms with E-state index in [1.54, 1.807) is 65.7 Å². The number of amides is 7. The third-order valence-corrected chi connectivity index (χ3v) is 18.3. The highest BCUT2D eigenvalue weighted by Gasteiger charge is 2.58. The summed E-state index contributed by atoms with van der Waals surface area (Å²) in [6, 6.07) is 28.7. The fourth-order valence-electron chi connectivity index (χ4n) is 14.4. The van der Waals surface area contributed by atoms with Gasteiger partial charge in [-0.2, -0.15) is 5.10 Å². The maximum Gasteiger partial charge on any atom is 0.410 e. The Morgan fingerprint density at radius 2 is 1.63 bits per heavy atom. The number of carbonyl (C=O) groups excluding carboxylic acids is 6. The fraction of sp³-hybridized carbons (Fsp3) is 0.403. The fourth-order valence-corrected chi connectivity index (χ4v) is 15.3. The third kappa shape index (κ3) is 16.0. The van der Waals surface area contributed by atoms with Crippen LogP contribution >= 0.6 is 11.3 Å². The number of nitrogens with one attached hydrogen (secondary N) is 5. The molecule has 4 aromatic carbocycles. The maximum absolute atomic E-state index is 14.1. The highest BCUT2D eigenvalue weighted by molar-refractivity contribution is 7.22. The molecule has 7 amide bonds. The lowest BCUT2D eigenvalue weighted by Crippen LogP contribution is -2.57. The first-order valence-corrected chi connectivity index (χ1v) is 31.3. The summed E-state index contributed by atoms with van der Waals surface area (Å²) in [5.74, 6) is -1.95. The number of carboxylic acid groups (broad SMARTS) is 1. The van der Waals surface area contributed by atoms with Gasteiger partial charge in [0.05, 0.1) is 35.2 Å². The predicted octanol–water partition coefficient (Wildman–Crippen LogP) is 9.31. The number of nitrogens with zero attached hydrogens (tertiary/aromatic N) is 6. The number of carboxylic acids is 1. The van der Waals surface area contributed by atoms with Crippen LogP contribution in [0.3, 0.4) is 0 Å². The van der Waals surface area contributed by atoms with Gasteiger partial charge in [-0.15, -0.1) is 0 Å². The van der Waals surface area contributed by atoms with Crippen LogP contribution in [-0.4, -0.2) is 122 Å². The van der Waals surface area contributed by atoms with Gasteiger partial charge in [0.1, 0.15) is 24.2 Å². The quantitative estimate of drug-likeness (QED) is 0.0195. The van der Waals surface area contributed by atoms with E-state index in [-0.39, 0.29) is 79.4 Å². The van der Waals surface area contributed by atoms with E-state index < -0.39 is 41.6 Å². The molecule has 0 spiro atoms. The molecular formula is C67H78N12O11S. The number of hydrogen-bond donors (Lipinski definition) is 8. The van der Waals surface area contributed by atoms with Crippen molar-refractivity contribution in [3.8, 4) is 16.9 Å². The van der Waals surface area contributed by atoms with Gasteiger partial charge in [0.15, 0.2) is 10.8 Å². The number of aromatic nitrogens is 4. The molecule has 4 atom stereocenters. The monoisotopic (exact) mass is 1260 g/mol. The second kappa shape index (κ2) is 27.4. The largest absolute Gasteiger partial charge is 0.508 e. The third-order valence-electron chi connectivity index (χ3n) is 17.3. The molecular weight excluding hydrogens is 1180 g/mol. The van der Waals surface area contributed by atoms with Crippen LogP contribution in [0.1, 0.15) is 121 Å². The zero-order valence-electron chi connectivity index (χ0n) is 51.8. The number of thiazole rings is 1. The minimum atomic E-state index is -1.17. The van der Waals surface area contributed by atoms with E-state index in [2.05, 4.69) is 59.3 Å². The lowest BCUT2D eigenvalue weighted by molar-refractivity contribution is -0.194. The van der Waals surface area contributed by atoms with E-state index in [9.17, 15) is 43.8 Å². The Balaban J connectivity index is 0.799. The van der Waals surface area contributed by atoms with Crippen molar-refractivity contribution in [2.24, 2.45) is 22.0 Å². The minimum Gasteiger partial charge on any atom is -0.508 e. The van der Waals surface area contributed by atoms with Gasteiger partial charge in [0, 0.05) is 67.3 Å². The number of urea groups is 1. The Labute approximate surface area is 531 Å². The van der Waals surface area contributed by atoms with E-state index in [1.807, 2.05) is 65.0 Å². The molecule has 10 rings (SSSR count). The lowest BCUT2D eigenvalue weighted by Gasteiger charge is -2.61. The number of aromatic hydroxyl groups is 1. The topological polar surface area (TPSA) is 315 Å². The molecule has 7 aromatic rings. The Hall–Kier alpha value is -9.42. The van der Waals surface area contributed by atoms with Crippen molar-refractivity contribution in [2.45, 2.75) is 124 Å². The number of para-hydroxylation sites is 1. The molecule has 2 saturated carbocycles. The van der Waals surface area contributed by atoms with Crippen molar-refractivity contribution in [3.63, 3.8) is 0 Å². The number of fused-ring (bicyclic) bond motifs is 4. The van der Waals surface area contributed by atoms with Crippen molar-refractivity contribution in [1.29, 1.82) is 0 Å². The number of nitrogens with two attached hydrogens (primary N) is 1. The van der Waals surface area contributed by atoms with Crippen LogP contribution in [0.15, 0.2) is 109 Å². The van der Waals surface area contributed by atoms with Crippen molar-refractivity contribution < 1.29 is 53.2 Å². The van der Waals surface area contributed by atoms with Gasteiger partial charge < -0.3 is 56.5 Å².